The van der Waals surface area contributed by atoms with Gasteiger partial charge in [0, 0.05) is 24.6 Å². The van der Waals surface area contributed by atoms with Gasteiger partial charge in [-0.25, -0.2) is 0 Å². The van der Waals surface area contributed by atoms with Gasteiger partial charge in [-0.15, -0.1) is 0 Å². The van der Waals surface area contributed by atoms with E-state index < -0.39 is 0 Å². The highest BCUT2D eigenvalue weighted by molar-refractivity contribution is 5.98. The highest BCUT2D eigenvalue weighted by Crippen LogP contribution is 2.34. The normalized spacial score (nSPS) is 11.9. The predicted molar refractivity (Wildman–Crippen MR) is 112 cm³/mol. The van der Waals surface area contributed by atoms with Crippen LogP contribution in [0, 0.1) is 0 Å². The molecule has 0 unspecified atom stereocenters. The zero-order valence-corrected chi connectivity index (χ0v) is 16.4. The first-order valence-electron chi connectivity index (χ1n) is 9.75. The molecule has 0 atom stereocenters. The third kappa shape index (κ3) is 4.81. The quantitative estimate of drug-likeness (QED) is 0.562. The minimum Gasteiger partial charge on any atom is -0.492 e. The van der Waals surface area contributed by atoms with E-state index in [2.05, 4.69) is 10.6 Å². The van der Waals surface area contributed by atoms with E-state index in [-0.39, 0.29) is 31.6 Å². The van der Waals surface area contributed by atoms with Crippen molar-refractivity contribution < 1.29 is 23.8 Å². The van der Waals surface area contributed by atoms with Crippen LogP contribution in [0.1, 0.15) is 16.8 Å². The SMILES string of the molecule is O=C(CCNC(=O)c1ccc2ccccc2c1)NCCOc1ccc2c(c1)OCO2. The summed E-state index contributed by atoms with van der Waals surface area (Å²) in [5.74, 6) is 1.65. The number of hydrogen-bond acceptors (Lipinski definition) is 5. The van der Waals surface area contributed by atoms with E-state index in [0.717, 1.165) is 10.8 Å². The average molecular weight is 406 g/mol. The smallest absolute Gasteiger partial charge is 0.251 e. The molecule has 0 bridgehead atoms. The monoisotopic (exact) mass is 406 g/mol. The van der Waals surface area contributed by atoms with Gasteiger partial charge in [0.25, 0.3) is 5.91 Å². The van der Waals surface area contributed by atoms with Gasteiger partial charge in [-0.2, -0.15) is 0 Å². The van der Waals surface area contributed by atoms with Crippen molar-refractivity contribution in [1.29, 1.82) is 0 Å². The maximum absolute atomic E-state index is 12.3. The molecule has 30 heavy (non-hydrogen) atoms. The third-order valence-corrected chi connectivity index (χ3v) is 4.69. The average Bonchev–Trinajstić information content (AvgIpc) is 3.24. The molecule has 2 N–H and O–H groups in total. The molecule has 154 valence electrons. The Kier molecular flexibility index (Phi) is 5.98. The molecule has 0 fully saturated rings. The van der Waals surface area contributed by atoms with Gasteiger partial charge in [0.05, 0.1) is 6.54 Å². The van der Waals surface area contributed by atoms with Crippen LogP contribution in [-0.4, -0.2) is 38.3 Å². The third-order valence-electron chi connectivity index (χ3n) is 4.69. The first-order valence-corrected chi connectivity index (χ1v) is 9.75. The summed E-state index contributed by atoms with van der Waals surface area (Å²) in [4.78, 5) is 24.2. The first-order chi connectivity index (χ1) is 14.7. The van der Waals surface area contributed by atoms with Crippen LogP contribution in [0.5, 0.6) is 17.2 Å². The van der Waals surface area contributed by atoms with Gasteiger partial charge in [-0.1, -0.05) is 30.3 Å². The van der Waals surface area contributed by atoms with Gasteiger partial charge in [0.15, 0.2) is 11.5 Å². The van der Waals surface area contributed by atoms with Gasteiger partial charge in [0.2, 0.25) is 12.7 Å². The van der Waals surface area contributed by atoms with Gasteiger partial charge in [-0.05, 0) is 35.0 Å². The fraction of sp³-hybridized carbons (Fsp3) is 0.217. The number of amides is 2. The van der Waals surface area contributed by atoms with Crippen LogP contribution in [0.3, 0.4) is 0 Å². The Balaban J connectivity index is 1.14. The fourth-order valence-corrected chi connectivity index (χ4v) is 3.14. The van der Waals surface area contributed by atoms with E-state index in [9.17, 15) is 9.59 Å². The number of hydrogen-bond donors (Lipinski definition) is 2. The van der Waals surface area contributed by atoms with E-state index in [1.165, 1.54) is 0 Å². The van der Waals surface area contributed by atoms with Crippen LogP contribution < -0.4 is 24.8 Å². The molecule has 0 spiro atoms. The van der Waals surface area contributed by atoms with Gasteiger partial charge < -0.3 is 24.8 Å². The molecule has 1 heterocycles. The molecular formula is C23H22N2O5. The number of carbonyl (C=O) groups excluding carboxylic acids is 2. The van der Waals surface area contributed by atoms with Crippen molar-refractivity contribution in [2.75, 3.05) is 26.5 Å². The number of rotatable bonds is 8. The van der Waals surface area contributed by atoms with Crippen molar-refractivity contribution in [3.8, 4) is 17.2 Å². The van der Waals surface area contributed by atoms with Crippen LogP contribution in [0.4, 0.5) is 0 Å². The molecule has 7 heteroatoms. The molecule has 0 radical (unpaired) electrons. The highest BCUT2D eigenvalue weighted by atomic mass is 16.7. The Morgan fingerprint density at radius 1 is 0.867 bits per heavy atom. The zero-order valence-electron chi connectivity index (χ0n) is 16.4. The maximum Gasteiger partial charge on any atom is 0.251 e. The number of benzene rings is 3. The van der Waals surface area contributed by atoms with E-state index in [0.29, 0.717) is 36.0 Å². The summed E-state index contributed by atoms with van der Waals surface area (Å²) >= 11 is 0. The molecule has 3 aromatic rings. The molecule has 0 aromatic heterocycles. The number of carbonyl (C=O) groups is 2. The van der Waals surface area contributed by atoms with E-state index >= 15 is 0 Å². The lowest BCUT2D eigenvalue weighted by Crippen LogP contribution is -2.32. The molecule has 1 aliphatic rings. The summed E-state index contributed by atoms with van der Waals surface area (Å²) in [7, 11) is 0. The lowest BCUT2D eigenvalue weighted by Gasteiger charge is -2.09. The summed E-state index contributed by atoms with van der Waals surface area (Å²) in [6.07, 6.45) is 0.198. The molecule has 0 saturated heterocycles. The minimum absolute atomic E-state index is 0.150. The summed E-state index contributed by atoms with van der Waals surface area (Å²) in [6.45, 7) is 1.17. The van der Waals surface area contributed by atoms with Gasteiger partial charge in [-0.3, -0.25) is 9.59 Å². The van der Waals surface area contributed by atoms with Crippen LogP contribution in [-0.2, 0) is 4.79 Å². The van der Waals surface area contributed by atoms with Crippen molar-refractivity contribution in [3.63, 3.8) is 0 Å². The number of nitrogens with one attached hydrogen (secondary N) is 2. The van der Waals surface area contributed by atoms with Gasteiger partial charge >= 0.3 is 0 Å². The molecule has 0 saturated carbocycles. The van der Waals surface area contributed by atoms with E-state index in [4.69, 9.17) is 14.2 Å². The fourth-order valence-electron chi connectivity index (χ4n) is 3.14. The summed E-state index contributed by atoms with van der Waals surface area (Å²) in [5, 5.41) is 7.63. The van der Waals surface area contributed by atoms with Gasteiger partial charge in [0.1, 0.15) is 12.4 Å². The second kappa shape index (κ2) is 9.17. The molecule has 1 aliphatic heterocycles. The molecule has 0 aliphatic carbocycles. The van der Waals surface area contributed by atoms with Crippen LogP contribution in [0.15, 0.2) is 60.7 Å². The van der Waals surface area contributed by atoms with E-state index in [1.807, 2.05) is 36.4 Å². The Bertz CT molecular complexity index is 1070. The Hall–Kier alpha value is -3.74. The van der Waals surface area contributed by atoms with Crippen molar-refractivity contribution in [3.05, 3.63) is 66.2 Å². The summed E-state index contributed by atoms with van der Waals surface area (Å²) < 4.78 is 16.1. The molecule has 7 nitrogen and oxygen atoms in total. The summed E-state index contributed by atoms with van der Waals surface area (Å²) in [5.41, 5.74) is 0.575. The van der Waals surface area contributed by atoms with Crippen molar-refractivity contribution in [2.45, 2.75) is 6.42 Å². The Morgan fingerprint density at radius 2 is 1.70 bits per heavy atom. The Morgan fingerprint density at radius 3 is 2.60 bits per heavy atom. The topological polar surface area (TPSA) is 85.9 Å². The first kappa shape index (κ1) is 19.6. The molecular weight excluding hydrogens is 384 g/mol. The van der Waals surface area contributed by atoms with Crippen LogP contribution >= 0.6 is 0 Å². The minimum atomic E-state index is -0.195. The lowest BCUT2D eigenvalue weighted by atomic mass is 10.1. The van der Waals surface area contributed by atoms with E-state index in [1.54, 1.807) is 24.3 Å². The highest BCUT2D eigenvalue weighted by Gasteiger charge is 2.13. The largest absolute Gasteiger partial charge is 0.492 e. The van der Waals surface area contributed by atoms with Crippen molar-refractivity contribution in [2.24, 2.45) is 0 Å². The lowest BCUT2D eigenvalue weighted by molar-refractivity contribution is -0.121. The maximum atomic E-state index is 12.3. The predicted octanol–water partition coefficient (Wildman–Crippen LogP) is 2.88. The van der Waals surface area contributed by atoms with Crippen molar-refractivity contribution in [1.82, 2.24) is 10.6 Å². The zero-order chi connectivity index (χ0) is 20.8. The second-order valence-electron chi connectivity index (χ2n) is 6.78. The number of ether oxygens (including phenoxy) is 3. The van der Waals surface area contributed by atoms with Crippen molar-refractivity contribution >= 4 is 22.6 Å². The van der Waals surface area contributed by atoms with Crippen LogP contribution in [0.2, 0.25) is 0 Å². The number of fused-ring (bicyclic) bond motifs is 2. The van der Waals surface area contributed by atoms with Crippen LogP contribution in [0.25, 0.3) is 10.8 Å². The molecule has 4 rings (SSSR count). The second-order valence-corrected chi connectivity index (χ2v) is 6.78. The molecule has 3 aromatic carbocycles. The molecule has 2 amide bonds. The Labute approximate surface area is 173 Å². The standard InChI is InChI=1S/C23H22N2O5/c26-22(24-11-12-28-19-7-8-20-21(14-19)30-15-29-20)9-10-25-23(27)18-6-5-16-3-1-2-4-17(16)13-18/h1-8,13-14H,9-12,15H2,(H,24,26)(H,25,27). The summed E-state index contributed by atoms with van der Waals surface area (Å²) in [6, 6.07) is 18.7.